The summed E-state index contributed by atoms with van der Waals surface area (Å²) in [5.41, 5.74) is 1.69. The number of carbonyl (C=O) groups excluding carboxylic acids is 1. The van der Waals surface area contributed by atoms with Gasteiger partial charge in [-0.15, -0.1) is 0 Å². The zero-order valence-electron chi connectivity index (χ0n) is 8.77. The third kappa shape index (κ3) is 3.56. The molecule has 1 rings (SSSR count). The highest BCUT2D eigenvalue weighted by Crippen LogP contribution is 2.14. The average Bonchev–Trinajstić information content (AvgIpc) is 2.25. The number of nitrogens with one attached hydrogen (secondary N) is 1. The van der Waals surface area contributed by atoms with Gasteiger partial charge in [0, 0.05) is 6.54 Å². The molecule has 88 valence electrons. The number of amides is 1. The van der Waals surface area contributed by atoms with E-state index in [-0.39, 0.29) is 6.54 Å². The van der Waals surface area contributed by atoms with Crippen molar-refractivity contribution < 1.29 is 18.0 Å². The lowest BCUT2D eigenvalue weighted by Crippen LogP contribution is -2.36. The van der Waals surface area contributed by atoms with E-state index >= 15 is 0 Å². The summed E-state index contributed by atoms with van der Waals surface area (Å²) in [4.78, 5) is 10.6. The van der Waals surface area contributed by atoms with Gasteiger partial charge in [0.15, 0.2) is 0 Å². The van der Waals surface area contributed by atoms with Crippen LogP contribution >= 0.6 is 0 Å². The molecule has 0 atom stereocenters. The third-order valence-corrected chi connectivity index (χ3v) is 2.11. The van der Waals surface area contributed by atoms with Crippen molar-refractivity contribution in [2.24, 2.45) is 0 Å². The first-order valence-electron chi connectivity index (χ1n) is 4.86. The largest absolute Gasteiger partial charge is 0.471 e. The number of halogens is 3. The van der Waals surface area contributed by atoms with Crippen LogP contribution in [0.25, 0.3) is 0 Å². The minimum atomic E-state index is -4.82. The van der Waals surface area contributed by atoms with Crippen molar-refractivity contribution in [2.75, 3.05) is 0 Å². The number of aryl methyl sites for hydroxylation is 1. The number of alkyl halides is 3. The predicted molar refractivity (Wildman–Crippen MR) is 53.7 cm³/mol. The molecule has 2 nitrogen and oxygen atoms in total. The predicted octanol–water partition coefficient (Wildman–Crippen LogP) is 2.43. The summed E-state index contributed by atoms with van der Waals surface area (Å²) in [5, 5.41) is 1.83. The van der Waals surface area contributed by atoms with Gasteiger partial charge in [0.1, 0.15) is 0 Å². The quantitative estimate of drug-likeness (QED) is 0.850. The Hall–Kier alpha value is -1.52. The van der Waals surface area contributed by atoms with Gasteiger partial charge in [-0.05, 0) is 17.5 Å². The van der Waals surface area contributed by atoms with E-state index in [2.05, 4.69) is 0 Å². The molecule has 0 aromatic heterocycles. The molecule has 0 fully saturated rings. The Morgan fingerprint density at radius 3 is 2.50 bits per heavy atom. The van der Waals surface area contributed by atoms with Crippen LogP contribution in [0.4, 0.5) is 13.2 Å². The molecular formula is C11H12F3NO. The van der Waals surface area contributed by atoms with E-state index in [1.807, 2.05) is 18.3 Å². The molecule has 16 heavy (non-hydrogen) atoms. The van der Waals surface area contributed by atoms with Crippen LogP contribution in [0.5, 0.6) is 0 Å². The van der Waals surface area contributed by atoms with Crippen LogP contribution in [0.15, 0.2) is 24.3 Å². The lowest BCUT2D eigenvalue weighted by molar-refractivity contribution is -0.173. The monoisotopic (exact) mass is 231 g/mol. The Morgan fingerprint density at radius 1 is 1.31 bits per heavy atom. The summed E-state index contributed by atoms with van der Waals surface area (Å²) in [6.07, 6.45) is -4.01. The highest BCUT2D eigenvalue weighted by Gasteiger charge is 2.38. The molecule has 0 aliphatic carbocycles. The van der Waals surface area contributed by atoms with Crippen molar-refractivity contribution >= 4 is 5.91 Å². The summed E-state index contributed by atoms with van der Waals surface area (Å²) < 4.78 is 35.7. The molecule has 1 amide bonds. The lowest BCUT2D eigenvalue weighted by atomic mass is 10.1. The average molecular weight is 231 g/mol. The van der Waals surface area contributed by atoms with Crippen LogP contribution in [-0.2, 0) is 17.8 Å². The second kappa shape index (κ2) is 5.01. The molecular weight excluding hydrogens is 219 g/mol. The van der Waals surface area contributed by atoms with E-state index < -0.39 is 12.1 Å². The molecule has 0 aliphatic heterocycles. The van der Waals surface area contributed by atoms with E-state index in [0.29, 0.717) is 5.56 Å². The first kappa shape index (κ1) is 12.5. The number of carbonyl (C=O) groups is 1. The molecule has 0 radical (unpaired) electrons. The third-order valence-electron chi connectivity index (χ3n) is 2.11. The van der Waals surface area contributed by atoms with Gasteiger partial charge in [0.2, 0.25) is 0 Å². The molecule has 5 heteroatoms. The summed E-state index contributed by atoms with van der Waals surface area (Å²) in [7, 11) is 0. The molecule has 0 bridgehead atoms. The molecule has 1 aromatic rings. The molecule has 0 unspecified atom stereocenters. The summed E-state index contributed by atoms with van der Waals surface area (Å²) >= 11 is 0. The Balaban J connectivity index is 2.58. The zero-order valence-corrected chi connectivity index (χ0v) is 8.77. The van der Waals surface area contributed by atoms with Gasteiger partial charge >= 0.3 is 12.1 Å². The van der Waals surface area contributed by atoms with Crippen LogP contribution in [0, 0.1) is 0 Å². The maximum Gasteiger partial charge on any atom is 0.471 e. The zero-order chi connectivity index (χ0) is 12.2. The minimum absolute atomic E-state index is 0.105. The highest BCUT2D eigenvalue weighted by atomic mass is 19.4. The van der Waals surface area contributed by atoms with Gasteiger partial charge < -0.3 is 5.32 Å². The van der Waals surface area contributed by atoms with Crippen molar-refractivity contribution in [1.82, 2.24) is 5.32 Å². The molecule has 1 aromatic carbocycles. The Kier molecular flexibility index (Phi) is 3.93. The standard InChI is InChI=1S/C11H12F3NO/c1-2-8-4-3-5-9(6-8)7-15-10(16)11(12,13)14/h3-6H,2,7H2,1H3,(H,15,16). The van der Waals surface area contributed by atoms with E-state index in [0.717, 1.165) is 12.0 Å². The second-order valence-electron chi connectivity index (χ2n) is 3.35. The van der Waals surface area contributed by atoms with E-state index in [1.165, 1.54) is 0 Å². The Bertz CT molecular complexity index is 374. The first-order valence-corrected chi connectivity index (χ1v) is 4.86. The fraction of sp³-hybridized carbons (Fsp3) is 0.364. The lowest BCUT2D eigenvalue weighted by Gasteiger charge is -2.08. The highest BCUT2D eigenvalue weighted by molar-refractivity contribution is 5.81. The topological polar surface area (TPSA) is 29.1 Å². The Morgan fingerprint density at radius 2 is 1.94 bits per heavy atom. The number of hydrogen-bond acceptors (Lipinski definition) is 1. The van der Waals surface area contributed by atoms with Crippen LogP contribution in [0.3, 0.4) is 0 Å². The van der Waals surface area contributed by atoms with Gasteiger partial charge in [-0.2, -0.15) is 13.2 Å². The fourth-order valence-electron chi connectivity index (χ4n) is 1.24. The molecule has 0 heterocycles. The van der Waals surface area contributed by atoms with E-state index in [9.17, 15) is 18.0 Å². The van der Waals surface area contributed by atoms with Gasteiger partial charge in [-0.25, -0.2) is 0 Å². The van der Waals surface area contributed by atoms with E-state index in [4.69, 9.17) is 0 Å². The number of benzene rings is 1. The molecule has 0 saturated carbocycles. The van der Waals surface area contributed by atoms with Gasteiger partial charge in [0.05, 0.1) is 0 Å². The van der Waals surface area contributed by atoms with Crippen molar-refractivity contribution in [3.8, 4) is 0 Å². The van der Waals surface area contributed by atoms with Crippen molar-refractivity contribution in [3.05, 3.63) is 35.4 Å². The second-order valence-corrected chi connectivity index (χ2v) is 3.35. The maximum atomic E-state index is 11.9. The van der Waals surface area contributed by atoms with Gasteiger partial charge in [-0.3, -0.25) is 4.79 Å². The Labute approximate surface area is 91.5 Å². The van der Waals surface area contributed by atoms with Crippen molar-refractivity contribution in [1.29, 1.82) is 0 Å². The molecule has 0 aliphatic rings. The fourth-order valence-corrected chi connectivity index (χ4v) is 1.24. The summed E-state index contributed by atoms with van der Waals surface area (Å²) in [5.74, 6) is -1.91. The smallest absolute Gasteiger partial charge is 0.344 e. The first-order chi connectivity index (χ1) is 7.43. The van der Waals surface area contributed by atoms with Crippen molar-refractivity contribution in [3.63, 3.8) is 0 Å². The van der Waals surface area contributed by atoms with Crippen LogP contribution in [-0.4, -0.2) is 12.1 Å². The van der Waals surface area contributed by atoms with Crippen LogP contribution < -0.4 is 5.32 Å². The van der Waals surface area contributed by atoms with Gasteiger partial charge in [0.25, 0.3) is 0 Å². The van der Waals surface area contributed by atoms with Gasteiger partial charge in [-0.1, -0.05) is 31.2 Å². The maximum absolute atomic E-state index is 11.9. The normalized spacial score (nSPS) is 11.2. The molecule has 0 saturated heterocycles. The molecule has 1 N–H and O–H groups in total. The molecule has 0 spiro atoms. The minimum Gasteiger partial charge on any atom is -0.344 e. The van der Waals surface area contributed by atoms with E-state index in [1.54, 1.807) is 18.2 Å². The number of hydrogen-bond donors (Lipinski definition) is 1. The van der Waals surface area contributed by atoms with Crippen LogP contribution in [0.1, 0.15) is 18.1 Å². The summed E-state index contributed by atoms with van der Waals surface area (Å²) in [6, 6.07) is 7.09. The van der Waals surface area contributed by atoms with Crippen LogP contribution in [0.2, 0.25) is 0 Å². The number of rotatable bonds is 3. The summed E-state index contributed by atoms with van der Waals surface area (Å²) in [6.45, 7) is 1.85. The van der Waals surface area contributed by atoms with Crippen molar-refractivity contribution in [2.45, 2.75) is 26.1 Å². The SMILES string of the molecule is CCc1cccc(CNC(=O)C(F)(F)F)c1.